The van der Waals surface area contributed by atoms with E-state index in [1.54, 1.807) is 4.52 Å². The molecule has 3 rings (SSSR count). The van der Waals surface area contributed by atoms with Gasteiger partial charge in [0.25, 0.3) is 5.78 Å². The molecule has 3 aromatic rings. The van der Waals surface area contributed by atoms with Gasteiger partial charge >= 0.3 is 5.97 Å². The molecule has 2 aromatic heterocycles. The van der Waals surface area contributed by atoms with Crippen LogP contribution in [0.3, 0.4) is 0 Å². The summed E-state index contributed by atoms with van der Waals surface area (Å²) in [6.45, 7) is 0.460. The molecule has 0 fully saturated rings. The zero-order chi connectivity index (χ0) is 13.2. The Hall–Kier alpha value is -2.57. The van der Waals surface area contributed by atoms with Crippen LogP contribution in [-0.4, -0.2) is 39.2 Å². The Morgan fingerprint density at radius 2 is 2.26 bits per heavy atom. The Labute approximate surface area is 108 Å². The van der Waals surface area contributed by atoms with Crippen LogP contribution in [0.25, 0.3) is 16.8 Å². The number of benzene rings is 1. The number of carbonyl (C=O) groups is 1. The van der Waals surface area contributed by atoms with E-state index < -0.39 is 0 Å². The topological polar surface area (TPSA) is 84.3 Å². The Morgan fingerprint density at radius 1 is 1.42 bits per heavy atom. The number of nitrogens with one attached hydrogen (secondary N) is 2. The van der Waals surface area contributed by atoms with Gasteiger partial charge in [0.05, 0.1) is 24.6 Å². The maximum absolute atomic E-state index is 11.0. The first-order valence-electron chi connectivity index (χ1n) is 5.92. The fourth-order valence-corrected chi connectivity index (χ4v) is 1.89. The van der Waals surface area contributed by atoms with E-state index in [2.05, 4.69) is 25.1 Å². The zero-order valence-electron chi connectivity index (χ0n) is 10.4. The number of esters is 1. The number of hydrogen-bond donors (Lipinski definition) is 2. The van der Waals surface area contributed by atoms with Crippen molar-refractivity contribution >= 4 is 28.7 Å². The average molecular weight is 259 g/mol. The van der Waals surface area contributed by atoms with E-state index in [-0.39, 0.29) is 5.97 Å². The van der Waals surface area contributed by atoms with Crippen LogP contribution < -0.4 is 5.32 Å². The highest BCUT2D eigenvalue weighted by molar-refractivity contribution is 5.79. The normalized spacial score (nSPS) is 11.0. The monoisotopic (exact) mass is 259 g/mol. The molecule has 0 saturated carbocycles. The summed E-state index contributed by atoms with van der Waals surface area (Å²) in [6.07, 6.45) is 0.292. The molecule has 0 spiro atoms. The fraction of sp³-hybridized carbons (Fsp3) is 0.250. The van der Waals surface area contributed by atoms with E-state index >= 15 is 0 Å². The number of aromatic nitrogens is 4. The van der Waals surface area contributed by atoms with Gasteiger partial charge in [-0.3, -0.25) is 9.89 Å². The number of H-pyrrole nitrogens is 1. The molecule has 7 heteroatoms. The van der Waals surface area contributed by atoms with E-state index in [4.69, 9.17) is 0 Å². The molecule has 0 radical (unpaired) electrons. The average Bonchev–Trinajstić information content (AvgIpc) is 2.95. The lowest BCUT2D eigenvalue weighted by Crippen LogP contribution is -2.10. The molecule has 0 bridgehead atoms. The summed E-state index contributed by atoms with van der Waals surface area (Å²) in [4.78, 5) is 19.7. The Balaban J connectivity index is 1.80. The summed E-state index contributed by atoms with van der Waals surface area (Å²) < 4.78 is 6.36. The van der Waals surface area contributed by atoms with Gasteiger partial charge in [0.1, 0.15) is 0 Å². The number of nitrogens with zero attached hydrogens (tertiary/aromatic N) is 3. The lowest BCUT2D eigenvalue weighted by Gasteiger charge is -2.00. The number of rotatable bonds is 4. The van der Waals surface area contributed by atoms with Crippen LogP contribution in [0.4, 0.5) is 5.95 Å². The molecule has 0 saturated heterocycles. The van der Waals surface area contributed by atoms with Gasteiger partial charge in [-0.2, -0.15) is 4.98 Å². The van der Waals surface area contributed by atoms with Gasteiger partial charge in [0.15, 0.2) is 0 Å². The summed E-state index contributed by atoms with van der Waals surface area (Å²) in [5.74, 6) is 0.924. The van der Waals surface area contributed by atoms with E-state index in [1.165, 1.54) is 7.11 Å². The number of methoxy groups -OCH3 is 1. The summed E-state index contributed by atoms with van der Waals surface area (Å²) >= 11 is 0. The van der Waals surface area contributed by atoms with Crippen LogP contribution in [-0.2, 0) is 9.53 Å². The molecule has 2 N–H and O–H groups in total. The van der Waals surface area contributed by atoms with Crippen molar-refractivity contribution in [2.45, 2.75) is 6.42 Å². The fourth-order valence-electron chi connectivity index (χ4n) is 1.89. The van der Waals surface area contributed by atoms with Gasteiger partial charge < -0.3 is 10.1 Å². The molecule has 98 valence electrons. The number of para-hydroxylation sites is 2. The number of fused-ring (bicyclic) bond motifs is 3. The summed E-state index contributed by atoms with van der Waals surface area (Å²) in [5.41, 5.74) is 1.85. The Bertz CT molecular complexity index is 730. The summed E-state index contributed by atoms with van der Waals surface area (Å²) in [5, 5.41) is 6.11. The van der Waals surface area contributed by atoms with Crippen LogP contribution in [0.1, 0.15) is 6.42 Å². The van der Waals surface area contributed by atoms with Crippen molar-refractivity contribution in [3.63, 3.8) is 0 Å². The minimum atomic E-state index is -0.255. The highest BCUT2D eigenvalue weighted by Crippen LogP contribution is 2.15. The lowest BCUT2D eigenvalue weighted by atomic mass is 10.3. The first kappa shape index (κ1) is 11.5. The minimum absolute atomic E-state index is 0.255. The molecule has 0 aliphatic rings. The van der Waals surface area contributed by atoms with Crippen molar-refractivity contribution in [3.05, 3.63) is 24.3 Å². The SMILES string of the molecule is COC(=O)CCNc1nc2nc3ccccc3n2[nH]1. The number of carbonyl (C=O) groups excluding carboxylic acids is 1. The first-order valence-corrected chi connectivity index (χ1v) is 5.92. The molecule has 2 heterocycles. The second-order valence-electron chi connectivity index (χ2n) is 4.06. The van der Waals surface area contributed by atoms with Crippen molar-refractivity contribution in [3.8, 4) is 0 Å². The van der Waals surface area contributed by atoms with E-state index in [9.17, 15) is 4.79 Å². The van der Waals surface area contributed by atoms with Crippen molar-refractivity contribution in [2.24, 2.45) is 0 Å². The quantitative estimate of drug-likeness (QED) is 0.687. The molecule has 0 aliphatic heterocycles. The highest BCUT2D eigenvalue weighted by Gasteiger charge is 2.08. The second-order valence-corrected chi connectivity index (χ2v) is 4.06. The number of anilines is 1. The van der Waals surface area contributed by atoms with Crippen LogP contribution in [0, 0.1) is 0 Å². The van der Waals surface area contributed by atoms with E-state index in [0.29, 0.717) is 24.7 Å². The molecular weight excluding hydrogens is 246 g/mol. The van der Waals surface area contributed by atoms with Gasteiger partial charge in [-0.15, -0.1) is 0 Å². The van der Waals surface area contributed by atoms with Crippen LogP contribution >= 0.6 is 0 Å². The van der Waals surface area contributed by atoms with Crippen LogP contribution in [0.15, 0.2) is 24.3 Å². The predicted molar refractivity (Wildman–Crippen MR) is 70.0 cm³/mol. The van der Waals surface area contributed by atoms with Crippen molar-refractivity contribution < 1.29 is 9.53 Å². The number of aromatic amines is 1. The maximum Gasteiger partial charge on any atom is 0.307 e. The predicted octanol–water partition coefficient (Wildman–Crippen LogP) is 1.19. The van der Waals surface area contributed by atoms with Gasteiger partial charge in [-0.25, -0.2) is 9.50 Å². The zero-order valence-corrected chi connectivity index (χ0v) is 10.4. The van der Waals surface area contributed by atoms with E-state index in [0.717, 1.165) is 11.0 Å². The molecule has 19 heavy (non-hydrogen) atoms. The smallest absolute Gasteiger partial charge is 0.307 e. The van der Waals surface area contributed by atoms with Gasteiger partial charge in [0, 0.05) is 6.54 Å². The standard InChI is InChI=1S/C12H13N5O2/c1-19-10(18)6-7-13-11-15-12-14-8-4-2-3-5-9(8)17(12)16-11/h2-5H,6-7H2,1H3,(H2,13,14,15,16). The van der Waals surface area contributed by atoms with Gasteiger partial charge in [-0.05, 0) is 12.1 Å². The molecule has 0 atom stereocenters. The molecular formula is C12H13N5O2. The lowest BCUT2D eigenvalue weighted by molar-refractivity contribution is -0.140. The third-order valence-electron chi connectivity index (χ3n) is 2.82. The number of imidazole rings is 1. The minimum Gasteiger partial charge on any atom is -0.469 e. The van der Waals surface area contributed by atoms with E-state index in [1.807, 2.05) is 24.3 Å². The molecule has 0 amide bonds. The second kappa shape index (κ2) is 4.60. The first-order chi connectivity index (χ1) is 9.28. The van der Waals surface area contributed by atoms with Crippen molar-refractivity contribution in [1.29, 1.82) is 0 Å². The maximum atomic E-state index is 11.0. The molecule has 0 unspecified atom stereocenters. The third kappa shape index (κ3) is 2.10. The third-order valence-corrected chi connectivity index (χ3v) is 2.82. The van der Waals surface area contributed by atoms with Crippen molar-refractivity contribution in [2.75, 3.05) is 19.0 Å². The number of hydrogen-bond acceptors (Lipinski definition) is 5. The van der Waals surface area contributed by atoms with Crippen LogP contribution in [0.2, 0.25) is 0 Å². The molecule has 7 nitrogen and oxygen atoms in total. The van der Waals surface area contributed by atoms with Gasteiger partial charge in [0.2, 0.25) is 5.95 Å². The summed E-state index contributed by atoms with van der Waals surface area (Å²) in [6, 6.07) is 7.78. The Kier molecular flexibility index (Phi) is 2.79. The van der Waals surface area contributed by atoms with Crippen LogP contribution in [0.5, 0.6) is 0 Å². The largest absolute Gasteiger partial charge is 0.469 e. The number of ether oxygens (including phenoxy) is 1. The summed E-state index contributed by atoms with van der Waals surface area (Å²) in [7, 11) is 1.37. The molecule has 0 aliphatic carbocycles. The molecule has 1 aromatic carbocycles. The van der Waals surface area contributed by atoms with Gasteiger partial charge in [-0.1, -0.05) is 12.1 Å². The van der Waals surface area contributed by atoms with Crippen molar-refractivity contribution in [1.82, 2.24) is 19.6 Å². The highest BCUT2D eigenvalue weighted by atomic mass is 16.5. The Morgan fingerprint density at radius 3 is 3.11 bits per heavy atom.